The van der Waals surface area contributed by atoms with Gasteiger partial charge in [-0.05, 0) is 12.1 Å². The number of nitrogens with zero attached hydrogens (tertiary/aromatic N) is 1. The number of hydrazine groups is 1. The number of fused-ring (bicyclic) bond motifs is 3. The molecule has 0 atom stereocenters. The van der Waals surface area contributed by atoms with E-state index in [4.69, 9.17) is 0 Å². The molecule has 2 aromatic rings. The lowest BCUT2D eigenvalue weighted by Crippen LogP contribution is -2.10. The van der Waals surface area contributed by atoms with Crippen molar-refractivity contribution >= 4 is 16.6 Å². The Morgan fingerprint density at radius 1 is 1.33 bits per heavy atom. The molecule has 1 aromatic carbocycles. The van der Waals surface area contributed by atoms with Crippen molar-refractivity contribution in [2.45, 2.75) is 6.54 Å². The summed E-state index contributed by atoms with van der Waals surface area (Å²) in [6, 6.07) is 4.08. The zero-order valence-corrected chi connectivity index (χ0v) is 6.39. The molecule has 0 spiro atoms. The summed E-state index contributed by atoms with van der Waals surface area (Å²) in [5, 5.41) is 8.14. The number of H-pyrrole nitrogens is 1. The predicted molar refractivity (Wildman–Crippen MR) is 46.6 cm³/mol. The van der Waals surface area contributed by atoms with Crippen molar-refractivity contribution in [3.63, 3.8) is 0 Å². The van der Waals surface area contributed by atoms with Crippen LogP contribution in [-0.2, 0) is 6.54 Å². The van der Waals surface area contributed by atoms with Crippen LogP contribution in [0.2, 0.25) is 0 Å². The minimum absolute atomic E-state index is 0.867. The molecule has 3 rings (SSSR count). The lowest BCUT2D eigenvalue weighted by molar-refractivity contribution is 0.863. The predicted octanol–water partition coefficient (Wildman–Crippen LogP) is 0.993. The number of aromatic amines is 1. The smallest absolute Gasteiger partial charge is 0.0655 e. The Hall–Kier alpha value is -1.55. The maximum atomic E-state index is 4.00. The van der Waals surface area contributed by atoms with Crippen LogP contribution in [-0.4, -0.2) is 10.2 Å². The first kappa shape index (κ1) is 6.02. The fourth-order valence-corrected chi connectivity index (χ4v) is 1.61. The van der Waals surface area contributed by atoms with E-state index >= 15 is 0 Å². The largest absolute Gasteiger partial charge is 0.321 e. The second kappa shape index (κ2) is 1.98. The van der Waals surface area contributed by atoms with E-state index in [0.29, 0.717) is 0 Å². The van der Waals surface area contributed by atoms with Gasteiger partial charge < -0.3 is 5.43 Å². The molecule has 0 saturated carbocycles. The highest BCUT2D eigenvalue weighted by Crippen LogP contribution is 2.26. The summed E-state index contributed by atoms with van der Waals surface area (Å²) < 4.78 is 0. The molecule has 4 nitrogen and oxygen atoms in total. The van der Waals surface area contributed by atoms with Gasteiger partial charge in [0.25, 0.3) is 0 Å². The molecular formula is C8H8N4. The molecule has 0 unspecified atom stereocenters. The minimum atomic E-state index is 0.867. The number of hydrogen-bond donors (Lipinski definition) is 3. The molecule has 60 valence electrons. The molecule has 1 aliphatic rings. The van der Waals surface area contributed by atoms with Gasteiger partial charge in [-0.15, -0.1) is 0 Å². The second-order valence-corrected chi connectivity index (χ2v) is 2.90. The van der Waals surface area contributed by atoms with Crippen molar-refractivity contribution in [3.05, 3.63) is 23.9 Å². The van der Waals surface area contributed by atoms with E-state index < -0.39 is 0 Å². The Balaban J connectivity index is 2.46. The van der Waals surface area contributed by atoms with Crippen LogP contribution >= 0.6 is 0 Å². The van der Waals surface area contributed by atoms with Gasteiger partial charge in [0.15, 0.2) is 0 Å². The van der Waals surface area contributed by atoms with E-state index in [0.717, 1.165) is 17.7 Å². The summed E-state index contributed by atoms with van der Waals surface area (Å²) in [4.78, 5) is 0. The third-order valence-corrected chi connectivity index (χ3v) is 2.22. The SMILES string of the molecule is c1cc2[nH]ncc2c2c1NNC2. The second-order valence-electron chi connectivity index (χ2n) is 2.90. The van der Waals surface area contributed by atoms with E-state index in [2.05, 4.69) is 27.1 Å². The Labute approximate surface area is 68.9 Å². The summed E-state index contributed by atoms with van der Waals surface area (Å²) in [5.41, 5.74) is 9.71. The Kier molecular flexibility index (Phi) is 0.995. The average Bonchev–Trinajstić information content (AvgIpc) is 2.71. The summed E-state index contributed by atoms with van der Waals surface area (Å²) >= 11 is 0. The maximum Gasteiger partial charge on any atom is 0.0655 e. The molecule has 0 fully saturated rings. The van der Waals surface area contributed by atoms with Gasteiger partial charge >= 0.3 is 0 Å². The first-order chi connectivity index (χ1) is 5.95. The normalized spacial score (nSPS) is 14.7. The Bertz CT molecular complexity index is 432. The summed E-state index contributed by atoms with van der Waals surface area (Å²) in [5.74, 6) is 0. The number of anilines is 1. The monoisotopic (exact) mass is 160 g/mol. The standard InChI is InChI=1S/C8H8N4/c1-2-8-6(4-10-12-8)5-3-9-11-7(1)5/h1-3,10,12H,4H2,(H,9,11). The number of nitrogens with one attached hydrogen (secondary N) is 3. The Morgan fingerprint density at radius 2 is 2.33 bits per heavy atom. The number of hydrogen-bond acceptors (Lipinski definition) is 3. The fraction of sp³-hybridized carbons (Fsp3) is 0.125. The highest BCUT2D eigenvalue weighted by atomic mass is 15.4. The van der Waals surface area contributed by atoms with Gasteiger partial charge in [0.2, 0.25) is 0 Å². The van der Waals surface area contributed by atoms with Gasteiger partial charge in [0, 0.05) is 17.5 Å². The van der Waals surface area contributed by atoms with Crippen LogP contribution in [0.25, 0.3) is 10.9 Å². The molecule has 0 amide bonds. The van der Waals surface area contributed by atoms with Crippen molar-refractivity contribution in [2.75, 3.05) is 5.43 Å². The van der Waals surface area contributed by atoms with Gasteiger partial charge in [0.1, 0.15) is 0 Å². The zero-order valence-electron chi connectivity index (χ0n) is 6.39. The van der Waals surface area contributed by atoms with E-state index in [9.17, 15) is 0 Å². The number of benzene rings is 1. The Morgan fingerprint density at radius 3 is 3.33 bits per heavy atom. The van der Waals surface area contributed by atoms with E-state index in [1.54, 1.807) is 0 Å². The molecule has 1 aromatic heterocycles. The molecule has 2 heterocycles. The quantitative estimate of drug-likeness (QED) is 0.538. The molecule has 0 aliphatic carbocycles. The van der Waals surface area contributed by atoms with E-state index in [1.165, 1.54) is 10.9 Å². The molecule has 0 bridgehead atoms. The third kappa shape index (κ3) is 0.622. The van der Waals surface area contributed by atoms with Crippen molar-refractivity contribution in [1.29, 1.82) is 0 Å². The highest BCUT2D eigenvalue weighted by Gasteiger charge is 2.12. The topological polar surface area (TPSA) is 52.7 Å². The average molecular weight is 160 g/mol. The number of aromatic nitrogens is 2. The third-order valence-electron chi connectivity index (χ3n) is 2.22. The van der Waals surface area contributed by atoms with Crippen LogP contribution < -0.4 is 10.9 Å². The van der Waals surface area contributed by atoms with Gasteiger partial charge in [-0.3, -0.25) is 5.10 Å². The van der Waals surface area contributed by atoms with Gasteiger partial charge in [-0.2, -0.15) is 5.10 Å². The minimum Gasteiger partial charge on any atom is -0.321 e. The van der Waals surface area contributed by atoms with Gasteiger partial charge in [-0.25, -0.2) is 5.43 Å². The molecular weight excluding hydrogens is 152 g/mol. The molecule has 0 saturated heterocycles. The van der Waals surface area contributed by atoms with Gasteiger partial charge in [-0.1, -0.05) is 0 Å². The lowest BCUT2D eigenvalue weighted by atomic mass is 10.1. The molecule has 3 N–H and O–H groups in total. The van der Waals surface area contributed by atoms with Crippen LogP contribution in [0.4, 0.5) is 5.69 Å². The molecule has 1 aliphatic heterocycles. The van der Waals surface area contributed by atoms with Crippen LogP contribution in [0.5, 0.6) is 0 Å². The van der Waals surface area contributed by atoms with Crippen LogP contribution in [0.15, 0.2) is 18.3 Å². The molecule has 4 heteroatoms. The zero-order chi connectivity index (χ0) is 7.97. The number of rotatable bonds is 0. The van der Waals surface area contributed by atoms with E-state index in [1.807, 2.05) is 12.3 Å². The van der Waals surface area contributed by atoms with Crippen molar-refractivity contribution in [2.24, 2.45) is 0 Å². The highest BCUT2D eigenvalue weighted by molar-refractivity contribution is 5.87. The molecule has 12 heavy (non-hydrogen) atoms. The van der Waals surface area contributed by atoms with Crippen LogP contribution in [0.3, 0.4) is 0 Å². The fourth-order valence-electron chi connectivity index (χ4n) is 1.61. The summed E-state index contributed by atoms with van der Waals surface area (Å²) in [6.07, 6.45) is 1.86. The maximum absolute atomic E-state index is 4.00. The van der Waals surface area contributed by atoms with E-state index in [-0.39, 0.29) is 0 Å². The van der Waals surface area contributed by atoms with Crippen LogP contribution in [0.1, 0.15) is 5.56 Å². The first-order valence-corrected chi connectivity index (χ1v) is 3.89. The lowest BCUT2D eigenvalue weighted by Gasteiger charge is -1.97. The van der Waals surface area contributed by atoms with Gasteiger partial charge in [0.05, 0.1) is 17.4 Å². The van der Waals surface area contributed by atoms with Crippen molar-refractivity contribution in [3.8, 4) is 0 Å². The van der Waals surface area contributed by atoms with Crippen LogP contribution in [0, 0.1) is 0 Å². The first-order valence-electron chi connectivity index (χ1n) is 3.89. The summed E-state index contributed by atoms with van der Waals surface area (Å²) in [6.45, 7) is 0.867. The summed E-state index contributed by atoms with van der Waals surface area (Å²) in [7, 11) is 0. The molecule has 0 radical (unpaired) electrons. The van der Waals surface area contributed by atoms with Crippen molar-refractivity contribution in [1.82, 2.24) is 15.6 Å². The van der Waals surface area contributed by atoms with Crippen molar-refractivity contribution < 1.29 is 0 Å².